The van der Waals surface area contributed by atoms with Crippen molar-refractivity contribution in [2.24, 2.45) is 0 Å². The maximum atomic E-state index is 12.9. The first kappa shape index (κ1) is 20.8. The number of esters is 1. The van der Waals surface area contributed by atoms with Gasteiger partial charge < -0.3 is 9.22 Å². The summed E-state index contributed by atoms with van der Waals surface area (Å²) in [6.07, 6.45) is 4.42. The molecule has 4 nitrogen and oxygen atoms in total. The fourth-order valence-corrected chi connectivity index (χ4v) is 5.41. The Kier molecular flexibility index (Phi) is 5.79. The lowest BCUT2D eigenvalue weighted by molar-refractivity contribution is -0.947. The van der Waals surface area contributed by atoms with Crippen LogP contribution in [0.4, 0.5) is 0 Å². The van der Waals surface area contributed by atoms with Crippen molar-refractivity contribution in [3.05, 3.63) is 71.3 Å². The smallest absolute Gasteiger partial charge is 0.313 e. The molecule has 4 rings (SSSR count). The number of ketones is 1. The summed E-state index contributed by atoms with van der Waals surface area (Å²) in [6, 6.07) is 17.8. The van der Waals surface area contributed by atoms with Crippen LogP contribution in [0.15, 0.2) is 54.6 Å². The molecule has 158 valence electrons. The molecule has 0 aromatic heterocycles. The summed E-state index contributed by atoms with van der Waals surface area (Å²) in [7, 11) is 2.36. The zero-order chi connectivity index (χ0) is 21.3. The molecule has 2 heterocycles. The molecule has 2 aliphatic rings. The number of carbonyl (C=O) groups excluding carboxylic acids is 2. The molecular formula is C26H32NO3+. The van der Waals surface area contributed by atoms with Crippen LogP contribution in [0.5, 0.6) is 0 Å². The van der Waals surface area contributed by atoms with Crippen LogP contribution in [0, 0.1) is 0 Å². The van der Waals surface area contributed by atoms with Gasteiger partial charge >= 0.3 is 5.97 Å². The summed E-state index contributed by atoms with van der Waals surface area (Å²) in [6.45, 7) is 5.29. The number of nitrogens with zero attached hydrogens (tertiary/aromatic N) is 1. The highest BCUT2D eigenvalue weighted by Gasteiger charge is 2.51. The van der Waals surface area contributed by atoms with Gasteiger partial charge in [0.05, 0.1) is 31.6 Å². The number of piperidine rings is 1. The van der Waals surface area contributed by atoms with Gasteiger partial charge in [-0.2, -0.15) is 0 Å². The van der Waals surface area contributed by atoms with Crippen molar-refractivity contribution in [1.82, 2.24) is 0 Å². The fraction of sp³-hybridized carbons (Fsp3) is 0.462. The third-order valence-electron chi connectivity index (χ3n) is 7.57. The summed E-state index contributed by atoms with van der Waals surface area (Å²) in [5.41, 5.74) is 2.08. The number of hydrogen-bond acceptors (Lipinski definition) is 3. The average Bonchev–Trinajstić information content (AvgIpc) is 2.94. The van der Waals surface area contributed by atoms with Gasteiger partial charge in [0.15, 0.2) is 5.78 Å². The number of hydrogen-bond donors (Lipinski definition) is 0. The van der Waals surface area contributed by atoms with E-state index in [2.05, 4.69) is 14.0 Å². The Morgan fingerprint density at radius 1 is 1.00 bits per heavy atom. The molecule has 2 bridgehead atoms. The van der Waals surface area contributed by atoms with E-state index in [0.29, 0.717) is 23.2 Å². The number of benzene rings is 2. The Labute approximate surface area is 179 Å². The number of rotatable bonds is 6. The molecule has 2 aromatic rings. The van der Waals surface area contributed by atoms with Crippen LogP contribution in [0.1, 0.15) is 66.9 Å². The third kappa shape index (κ3) is 3.81. The Morgan fingerprint density at radius 2 is 1.63 bits per heavy atom. The van der Waals surface area contributed by atoms with Gasteiger partial charge in [-0.05, 0) is 25.5 Å². The van der Waals surface area contributed by atoms with Crippen LogP contribution in [0.3, 0.4) is 0 Å². The topological polar surface area (TPSA) is 43.4 Å². The first-order chi connectivity index (χ1) is 14.4. The Morgan fingerprint density at radius 3 is 2.27 bits per heavy atom. The molecule has 3 atom stereocenters. The van der Waals surface area contributed by atoms with Crippen molar-refractivity contribution in [1.29, 1.82) is 0 Å². The summed E-state index contributed by atoms with van der Waals surface area (Å²) in [4.78, 5) is 25.7. The molecule has 30 heavy (non-hydrogen) atoms. The third-order valence-corrected chi connectivity index (χ3v) is 7.57. The van der Waals surface area contributed by atoms with E-state index in [0.717, 1.165) is 29.4 Å². The first-order valence-corrected chi connectivity index (χ1v) is 11.2. The van der Waals surface area contributed by atoms with E-state index in [4.69, 9.17) is 4.74 Å². The number of quaternary nitrogens is 1. The van der Waals surface area contributed by atoms with Gasteiger partial charge in [-0.25, -0.2) is 0 Å². The van der Waals surface area contributed by atoms with Crippen LogP contribution in [0.2, 0.25) is 0 Å². The predicted molar refractivity (Wildman–Crippen MR) is 117 cm³/mol. The van der Waals surface area contributed by atoms with Gasteiger partial charge in [-0.15, -0.1) is 0 Å². The standard InChI is InChI=1S/C26H32NO3/c1-4-27(3)22-13-14-23(27)17-24(16-22)30-26(29)18(2)20-11-8-12-21(15-20)25(28)19-9-6-5-7-10-19/h5-12,15,18,22-24H,4,13-14,16-17H2,1-3H3/q+1. The number of ether oxygens (including phenoxy) is 1. The quantitative estimate of drug-likeness (QED) is 0.396. The highest BCUT2D eigenvalue weighted by atomic mass is 16.5. The predicted octanol–water partition coefficient (Wildman–Crippen LogP) is 4.72. The molecule has 0 spiro atoms. The minimum Gasteiger partial charge on any atom is -0.461 e. The fourth-order valence-electron chi connectivity index (χ4n) is 5.41. The minimum absolute atomic E-state index is 0.0179. The van der Waals surface area contributed by atoms with E-state index in [-0.39, 0.29) is 23.8 Å². The van der Waals surface area contributed by atoms with Crippen LogP contribution in [-0.4, -0.2) is 48.0 Å². The van der Waals surface area contributed by atoms with Gasteiger partial charge in [0, 0.05) is 36.8 Å². The SMILES string of the molecule is CC[N+]1(C)C2CCC1CC(OC(=O)C(C)c1cccc(C(=O)c3ccccc3)c1)C2. The molecule has 0 amide bonds. The largest absolute Gasteiger partial charge is 0.461 e. The summed E-state index contributed by atoms with van der Waals surface area (Å²) < 4.78 is 7.11. The van der Waals surface area contributed by atoms with Crippen LogP contribution in [0.25, 0.3) is 0 Å². The lowest BCUT2D eigenvalue weighted by atomic mass is 9.94. The van der Waals surface area contributed by atoms with Gasteiger partial charge in [0.1, 0.15) is 6.10 Å². The van der Waals surface area contributed by atoms with Crippen molar-refractivity contribution in [2.45, 2.75) is 63.6 Å². The van der Waals surface area contributed by atoms with Gasteiger partial charge in [0.25, 0.3) is 0 Å². The van der Waals surface area contributed by atoms with Crippen molar-refractivity contribution in [3.63, 3.8) is 0 Å². The highest BCUT2D eigenvalue weighted by molar-refractivity contribution is 6.09. The van der Waals surface area contributed by atoms with Crippen molar-refractivity contribution < 1.29 is 18.8 Å². The monoisotopic (exact) mass is 406 g/mol. The maximum Gasteiger partial charge on any atom is 0.313 e. The zero-order valence-corrected chi connectivity index (χ0v) is 18.2. The molecule has 2 aliphatic heterocycles. The van der Waals surface area contributed by atoms with Crippen LogP contribution < -0.4 is 0 Å². The van der Waals surface area contributed by atoms with E-state index in [1.165, 1.54) is 12.8 Å². The Bertz CT molecular complexity index is 909. The van der Waals surface area contributed by atoms with E-state index in [1.807, 2.05) is 55.5 Å². The Hall–Kier alpha value is -2.46. The van der Waals surface area contributed by atoms with E-state index < -0.39 is 0 Å². The number of fused-ring (bicyclic) bond motifs is 2. The maximum absolute atomic E-state index is 12.9. The first-order valence-electron chi connectivity index (χ1n) is 11.2. The molecule has 0 radical (unpaired) electrons. The van der Waals surface area contributed by atoms with Gasteiger partial charge in [-0.1, -0.05) is 48.5 Å². The van der Waals surface area contributed by atoms with Crippen molar-refractivity contribution >= 4 is 11.8 Å². The van der Waals surface area contributed by atoms with Crippen molar-refractivity contribution in [2.75, 3.05) is 13.6 Å². The lowest BCUT2D eigenvalue weighted by Gasteiger charge is -2.46. The number of carbonyl (C=O) groups is 2. The Balaban J connectivity index is 1.43. The lowest BCUT2D eigenvalue weighted by Crippen LogP contribution is -2.58. The molecule has 0 aliphatic carbocycles. The second-order valence-corrected chi connectivity index (χ2v) is 9.12. The normalized spacial score (nSPS) is 28.7. The zero-order valence-electron chi connectivity index (χ0n) is 18.2. The molecule has 0 N–H and O–H groups in total. The van der Waals surface area contributed by atoms with Crippen LogP contribution >= 0.6 is 0 Å². The van der Waals surface area contributed by atoms with Crippen molar-refractivity contribution in [3.8, 4) is 0 Å². The molecule has 2 saturated heterocycles. The molecule has 4 heteroatoms. The summed E-state index contributed by atoms with van der Waals surface area (Å²) in [5.74, 6) is -0.602. The minimum atomic E-state index is -0.389. The van der Waals surface area contributed by atoms with Gasteiger partial charge in [0.2, 0.25) is 0 Å². The van der Waals surface area contributed by atoms with E-state index in [1.54, 1.807) is 6.07 Å². The second-order valence-electron chi connectivity index (χ2n) is 9.12. The average molecular weight is 407 g/mol. The molecule has 2 fully saturated rings. The van der Waals surface area contributed by atoms with E-state index in [9.17, 15) is 9.59 Å². The molecule has 2 aromatic carbocycles. The second kappa shape index (κ2) is 8.35. The molecule has 3 unspecified atom stereocenters. The van der Waals surface area contributed by atoms with Crippen LogP contribution in [-0.2, 0) is 9.53 Å². The van der Waals surface area contributed by atoms with E-state index >= 15 is 0 Å². The molecular weight excluding hydrogens is 374 g/mol. The highest BCUT2D eigenvalue weighted by Crippen LogP contribution is 2.42. The van der Waals surface area contributed by atoms with Gasteiger partial charge in [-0.3, -0.25) is 9.59 Å². The molecule has 0 saturated carbocycles. The summed E-state index contributed by atoms with van der Waals surface area (Å²) in [5, 5.41) is 0. The summed E-state index contributed by atoms with van der Waals surface area (Å²) >= 11 is 0.